The normalized spacial score (nSPS) is 14.4. The van der Waals surface area contributed by atoms with Crippen molar-refractivity contribution in [2.45, 2.75) is 58.2 Å². The standard InChI is InChI=1S/C22H27NO3/c1-2-3-5-10-21(23-16-17-8-6-4-7-9-17)25-19-13-11-18-12-14-22(24)26-20(18)15-19/h4,6-9,11,13,15,21,23H,2-3,5,10,12,14,16H2,1H3. The average molecular weight is 353 g/mol. The van der Waals surface area contributed by atoms with Crippen LogP contribution < -0.4 is 14.8 Å². The Kier molecular flexibility index (Phi) is 6.67. The lowest BCUT2D eigenvalue weighted by molar-refractivity contribution is -0.135. The second kappa shape index (κ2) is 9.39. The summed E-state index contributed by atoms with van der Waals surface area (Å²) in [6, 6.07) is 16.1. The zero-order chi connectivity index (χ0) is 18.2. The van der Waals surface area contributed by atoms with Crippen LogP contribution in [0.4, 0.5) is 0 Å². The first-order chi connectivity index (χ1) is 12.7. The monoisotopic (exact) mass is 353 g/mol. The number of benzene rings is 2. The SMILES string of the molecule is CCCCCC(NCc1ccccc1)Oc1ccc2c(c1)OC(=O)CC2. The third-order valence-electron chi connectivity index (χ3n) is 4.59. The molecule has 1 N–H and O–H groups in total. The number of esters is 1. The molecule has 0 aliphatic carbocycles. The minimum Gasteiger partial charge on any atom is -0.475 e. The van der Waals surface area contributed by atoms with Crippen LogP contribution in [-0.2, 0) is 17.8 Å². The zero-order valence-corrected chi connectivity index (χ0v) is 15.4. The van der Waals surface area contributed by atoms with Gasteiger partial charge in [0.15, 0.2) is 0 Å². The zero-order valence-electron chi connectivity index (χ0n) is 15.4. The number of nitrogens with one attached hydrogen (secondary N) is 1. The lowest BCUT2D eigenvalue weighted by Gasteiger charge is -2.22. The Labute approximate surface area is 155 Å². The maximum atomic E-state index is 11.5. The maximum Gasteiger partial charge on any atom is 0.311 e. The van der Waals surface area contributed by atoms with Crippen LogP contribution >= 0.6 is 0 Å². The molecular formula is C22H27NO3. The fourth-order valence-electron chi connectivity index (χ4n) is 3.09. The second-order valence-corrected chi connectivity index (χ2v) is 6.71. The van der Waals surface area contributed by atoms with Crippen molar-refractivity contribution in [1.29, 1.82) is 0 Å². The van der Waals surface area contributed by atoms with Crippen molar-refractivity contribution >= 4 is 5.97 Å². The van der Waals surface area contributed by atoms with Gasteiger partial charge in [0.25, 0.3) is 0 Å². The largest absolute Gasteiger partial charge is 0.475 e. The van der Waals surface area contributed by atoms with Crippen molar-refractivity contribution in [3.63, 3.8) is 0 Å². The quantitative estimate of drug-likeness (QED) is 0.309. The highest BCUT2D eigenvalue weighted by Gasteiger charge is 2.18. The molecule has 1 unspecified atom stereocenters. The molecule has 4 nitrogen and oxygen atoms in total. The highest BCUT2D eigenvalue weighted by Crippen LogP contribution is 2.30. The number of ether oxygens (including phenoxy) is 2. The van der Waals surface area contributed by atoms with Crippen LogP contribution in [0.1, 0.15) is 50.2 Å². The van der Waals surface area contributed by atoms with Crippen LogP contribution in [0.25, 0.3) is 0 Å². The molecule has 1 aliphatic heterocycles. The Balaban J connectivity index is 1.64. The molecular weight excluding hydrogens is 326 g/mol. The van der Waals surface area contributed by atoms with Gasteiger partial charge in [-0.15, -0.1) is 0 Å². The second-order valence-electron chi connectivity index (χ2n) is 6.71. The van der Waals surface area contributed by atoms with Gasteiger partial charge in [-0.2, -0.15) is 0 Å². The number of unbranched alkanes of at least 4 members (excludes halogenated alkanes) is 2. The lowest BCUT2D eigenvalue weighted by Crippen LogP contribution is -2.34. The molecule has 0 saturated heterocycles. The highest BCUT2D eigenvalue weighted by molar-refractivity contribution is 5.75. The van der Waals surface area contributed by atoms with Gasteiger partial charge in [0.05, 0.1) is 6.42 Å². The Bertz CT molecular complexity index is 715. The maximum absolute atomic E-state index is 11.5. The smallest absolute Gasteiger partial charge is 0.311 e. The van der Waals surface area contributed by atoms with Gasteiger partial charge in [-0.1, -0.05) is 56.2 Å². The molecule has 0 fully saturated rings. The molecule has 2 aromatic rings. The average Bonchev–Trinajstić information content (AvgIpc) is 2.66. The summed E-state index contributed by atoms with van der Waals surface area (Å²) < 4.78 is 11.5. The summed E-state index contributed by atoms with van der Waals surface area (Å²) in [6.45, 7) is 2.96. The molecule has 138 valence electrons. The summed E-state index contributed by atoms with van der Waals surface area (Å²) in [7, 11) is 0. The molecule has 3 rings (SSSR count). The molecule has 0 bridgehead atoms. The Morgan fingerprint density at radius 2 is 1.96 bits per heavy atom. The number of hydrogen-bond acceptors (Lipinski definition) is 4. The van der Waals surface area contributed by atoms with Crippen LogP contribution in [0.3, 0.4) is 0 Å². The minimum atomic E-state index is -0.170. The first-order valence-electron chi connectivity index (χ1n) is 9.52. The molecule has 0 radical (unpaired) electrons. The summed E-state index contributed by atoms with van der Waals surface area (Å²) >= 11 is 0. The molecule has 0 aromatic heterocycles. The minimum absolute atomic E-state index is 0.0703. The summed E-state index contributed by atoms with van der Waals surface area (Å²) in [4.78, 5) is 11.5. The van der Waals surface area contributed by atoms with Crippen LogP contribution in [0.15, 0.2) is 48.5 Å². The first kappa shape index (κ1) is 18.5. The van der Waals surface area contributed by atoms with Crippen LogP contribution in [0.2, 0.25) is 0 Å². The van der Waals surface area contributed by atoms with E-state index < -0.39 is 0 Å². The topological polar surface area (TPSA) is 47.6 Å². The number of aryl methyl sites for hydroxylation is 1. The summed E-state index contributed by atoms with van der Waals surface area (Å²) in [5.74, 6) is 1.20. The molecule has 4 heteroatoms. The molecule has 0 spiro atoms. The fourth-order valence-corrected chi connectivity index (χ4v) is 3.09. The molecule has 0 amide bonds. The van der Waals surface area contributed by atoms with E-state index in [9.17, 15) is 4.79 Å². The van der Waals surface area contributed by atoms with Gasteiger partial charge in [0.2, 0.25) is 0 Å². The van der Waals surface area contributed by atoms with E-state index in [1.807, 2.05) is 36.4 Å². The highest BCUT2D eigenvalue weighted by atomic mass is 16.5. The molecule has 2 aromatic carbocycles. The molecule has 26 heavy (non-hydrogen) atoms. The van der Waals surface area contributed by atoms with Crippen molar-refractivity contribution in [3.05, 3.63) is 59.7 Å². The predicted octanol–water partition coefficient (Wildman–Crippen LogP) is 4.61. The van der Waals surface area contributed by atoms with E-state index in [1.165, 1.54) is 18.4 Å². The van der Waals surface area contributed by atoms with E-state index >= 15 is 0 Å². The number of fused-ring (bicyclic) bond motifs is 1. The third-order valence-corrected chi connectivity index (χ3v) is 4.59. The van der Waals surface area contributed by atoms with E-state index in [4.69, 9.17) is 9.47 Å². The lowest BCUT2D eigenvalue weighted by atomic mass is 10.1. The van der Waals surface area contributed by atoms with Crippen molar-refractivity contribution in [1.82, 2.24) is 5.32 Å². The summed E-state index contributed by atoms with van der Waals surface area (Å²) in [5, 5.41) is 3.50. The van der Waals surface area contributed by atoms with Crippen LogP contribution in [0.5, 0.6) is 11.5 Å². The van der Waals surface area contributed by atoms with E-state index in [-0.39, 0.29) is 12.2 Å². The molecule has 1 atom stereocenters. The van der Waals surface area contributed by atoms with Crippen molar-refractivity contribution in [2.24, 2.45) is 0 Å². The van der Waals surface area contributed by atoms with Crippen molar-refractivity contribution in [2.75, 3.05) is 0 Å². The van der Waals surface area contributed by atoms with E-state index in [0.717, 1.165) is 37.1 Å². The Morgan fingerprint density at radius 1 is 1.12 bits per heavy atom. The van der Waals surface area contributed by atoms with Gasteiger partial charge in [-0.3, -0.25) is 10.1 Å². The van der Waals surface area contributed by atoms with E-state index in [0.29, 0.717) is 12.2 Å². The van der Waals surface area contributed by atoms with Gasteiger partial charge < -0.3 is 9.47 Å². The predicted molar refractivity (Wildman–Crippen MR) is 102 cm³/mol. The number of carbonyl (C=O) groups is 1. The van der Waals surface area contributed by atoms with Gasteiger partial charge in [-0.25, -0.2) is 0 Å². The first-order valence-corrected chi connectivity index (χ1v) is 9.52. The van der Waals surface area contributed by atoms with Crippen molar-refractivity contribution < 1.29 is 14.3 Å². The number of rotatable bonds is 9. The van der Waals surface area contributed by atoms with Gasteiger partial charge >= 0.3 is 5.97 Å². The summed E-state index contributed by atoms with van der Waals surface area (Å²) in [5.41, 5.74) is 2.30. The fraction of sp³-hybridized carbons (Fsp3) is 0.409. The van der Waals surface area contributed by atoms with Crippen LogP contribution in [0, 0.1) is 0 Å². The summed E-state index contributed by atoms with van der Waals surface area (Å²) in [6.07, 6.45) is 5.54. The number of hydrogen-bond donors (Lipinski definition) is 1. The molecule has 1 heterocycles. The van der Waals surface area contributed by atoms with Gasteiger partial charge in [0, 0.05) is 12.6 Å². The Morgan fingerprint density at radius 3 is 2.77 bits per heavy atom. The molecule has 1 aliphatic rings. The molecule has 0 saturated carbocycles. The van der Waals surface area contributed by atoms with Crippen molar-refractivity contribution in [3.8, 4) is 11.5 Å². The van der Waals surface area contributed by atoms with Crippen LogP contribution in [-0.4, -0.2) is 12.2 Å². The Hall–Kier alpha value is -2.33. The number of carbonyl (C=O) groups excluding carboxylic acids is 1. The van der Waals surface area contributed by atoms with E-state index in [2.05, 4.69) is 24.4 Å². The van der Waals surface area contributed by atoms with Gasteiger partial charge in [-0.05, 0) is 36.5 Å². The van der Waals surface area contributed by atoms with E-state index in [1.54, 1.807) is 0 Å². The third kappa shape index (κ3) is 5.33. The van der Waals surface area contributed by atoms with Gasteiger partial charge in [0.1, 0.15) is 17.7 Å².